The van der Waals surface area contributed by atoms with Gasteiger partial charge in [-0.3, -0.25) is 4.79 Å². The van der Waals surface area contributed by atoms with E-state index < -0.39 is 5.97 Å². The zero-order chi connectivity index (χ0) is 18.0. The third-order valence-electron chi connectivity index (χ3n) is 3.34. The van der Waals surface area contributed by atoms with Gasteiger partial charge >= 0.3 is 5.97 Å². The predicted octanol–water partition coefficient (Wildman–Crippen LogP) is 3.54. The molecule has 0 unspecified atom stereocenters. The summed E-state index contributed by atoms with van der Waals surface area (Å²) in [7, 11) is 0. The first-order chi connectivity index (χ1) is 12.0. The van der Waals surface area contributed by atoms with Crippen LogP contribution in [-0.4, -0.2) is 27.5 Å². The van der Waals surface area contributed by atoms with Crippen molar-refractivity contribution in [2.45, 2.75) is 0 Å². The maximum atomic E-state index is 11.3. The number of benzene rings is 2. The van der Waals surface area contributed by atoms with Gasteiger partial charge in [0.1, 0.15) is 16.8 Å². The summed E-state index contributed by atoms with van der Waals surface area (Å²) in [6.45, 7) is 0. The lowest BCUT2D eigenvalue weighted by Crippen LogP contribution is -1.99. The van der Waals surface area contributed by atoms with Gasteiger partial charge in [0, 0.05) is 16.9 Å². The summed E-state index contributed by atoms with van der Waals surface area (Å²) < 4.78 is 5.50. The number of aromatic carboxylic acids is 1. The largest absolute Gasteiger partial charge is 0.507 e. The van der Waals surface area contributed by atoms with Crippen molar-refractivity contribution < 1.29 is 24.2 Å². The number of carboxylic acid groups (broad SMARTS) is 1. The van der Waals surface area contributed by atoms with Gasteiger partial charge in [0.05, 0.1) is 5.57 Å². The van der Waals surface area contributed by atoms with Gasteiger partial charge in [-0.25, -0.2) is 9.78 Å². The van der Waals surface area contributed by atoms with Crippen LogP contribution in [0.5, 0.6) is 5.75 Å². The van der Waals surface area contributed by atoms with Gasteiger partial charge in [0.25, 0.3) is 0 Å². The Morgan fingerprint density at radius 3 is 2.76 bits per heavy atom. The predicted molar refractivity (Wildman–Crippen MR) is 91.7 cm³/mol. The number of nitrogens with zero attached hydrogens (tertiary/aromatic N) is 1. The second-order valence-corrected chi connectivity index (χ2v) is 5.47. The maximum absolute atomic E-state index is 11.3. The van der Waals surface area contributed by atoms with Crippen LogP contribution < -0.4 is 5.32 Å². The quantitative estimate of drug-likeness (QED) is 0.363. The van der Waals surface area contributed by atoms with Crippen molar-refractivity contribution >= 4 is 46.2 Å². The molecule has 0 saturated heterocycles. The number of halogens is 1. The number of allylic oxidation sites excluding steroid dienone is 1. The van der Waals surface area contributed by atoms with E-state index in [0.29, 0.717) is 28.1 Å². The molecule has 0 saturated carbocycles. The van der Waals surface area contributed by atoms with Crippen molar-refractivity contribution in [1.82, 2.24) is 4.98 Å². The number of aromatic nitrogens is 1. The number of hydrogen-bond donors (Lipinski definition) is 3. The number of anilines is 1. The molecular weight excluding hydrogens is 348 g/mol. The van der Waals surface area contributed by atoms with Gasteiger partial charge < -0.3 is 19.9 Å². The highest BCUT2D eigenvalue weighted by atomic mass is 35.5. The van der Waals surface area contributed by atoms with E-state index in [4.69, 9.17) is 21.1 Å². The van der Waals surface area contributed by atoms with Crippen LogP contribution in [0.2, 0.25) is 5.02 Å². The molecule has 0 amide bonds. The molecular formula is C17H11ClN2O5. The third-order valence-corrected chi connectivity index (χ3v) is 3.58. The second kappa shape index (κ2) is 6.66. The number of nitrogens with one attached hydrogen (secondary N) is 1. The number of rotatable bonds is 5. The second-order valence-electron chi connectivity index (χ2n) is 5.03. The topological polar surface area (TPSA) is 113 Å². The number of carboxylic acids is 1. The number of hydrogen-bond acceptors (Lipinski definition) is 6. The van der Waals surface area contributed by atoms with Crippen molar-refractivity contribution in [3.8, 4) is 5.75 Å². The molecule has 0 bridgehead atoms. The monoisotopic (exact) mass is 358 g/mol. The van der Waals surface area contributed by atoms with Crippen LogP contribution in [0, 0.1) is 0 Å². The number of carbonyl (C=O) groups is 2. The Hall–Kier alpha value is -3.32. The van der Waals surface area contributed by atoms with E-state index in [1.54, 1.807) is 18.2 Å². The van der Waals surface area contributed by atoms with Crippen molar-refractivity contribution in [1.29, 1.82) is 0 Å². The average molecular weight is 359 g/mol. The SMILES string of the molecule is O=C/C(=C\Nc1ccc(O)c(C(=O)O)c1)c1nc2cc(Cl)ccc2o1. The molecule has 3 rings (SSSR count). The number of aldehydes is 1. The summed E-state index contributed by atoms with van der Waals surface area (Å²) in [5.74, 6) is -1.53. The molecule has 2 aromatic carbocycles. The van der Waals surface area contributed by atoms with E-state index in [2.05, 4.69) is 10.3 Å². The fourth-order valence-electron chi connectivity index (χ4n) is 2.13. The molecule has 0 aliphatic rings. The fraction of sp³-hybridized carbons (Fsp3) is 0. The van der Waals surface area contributed by atoms with Crippen LogP contribution in [-0.2, 0) is 4.79 Å². The van der Waals surface area contributed by atoms with Gasteiger partial charge in [0.2, 0.25) is 5.89 Å². The van der Waals surface area contributed by atoms with E-state index >= 15 is 0 Å². The lowest BCUT2D eigenvalue weighted by atomic mass is 10.2. The first-order valence-corrected chi connectivity index (χ1v) is 7.40. The van der Waals surface area contributed by atoms with Gasteiger partial charge in [-0.1, -0.05) is 11.6 Å². The molecule has 1 heterocycles. The zero-order valence-electron chi connectivity index (χ0n) is 12.6. The van der Waals surface area contributed by atoms with E-state index in [0.717, 1.165) is 0 Å². The van der Waals surface area contributed by atoms with Crippen molar-refractivity contribution in [3.63, 3.8) is 0 Å². The number of fused-ring (bicyclic) bond motifs is 1. The van der Waals surface area contributed by atoms with Crippen LogP contribution in [0.4, 0.5) is 5.69 Å². The van der Waals surface area contributed by atoms with Crippen molar-refractivity contribution in [2.24, 2.45) is 0 Å². The minimum Gasteiger partial charge on any atom is -0.507 e. The molecule has 0 atom stereocenters. The maximum Gasteiger partial charge on any atom is 0.339 e. The molecule has 7 nitrogen and oxygen atoms in total. The number of carbonyl (C=O) groups excluding carboxylic acids is 1. The van der Waals surface area contributed by atoms with Crippen molar-refractivity contribution in [2.75, 3.05) is 5.32 Å². The number of aromatic hydroxyl groups is 1. The van der Waals surface area contributed by atoms with Gasteiger partial charge in [0.15, 0.2) is 11.9 Å². The molecule has 0 aliphatic carbocycles. The standard InChI is InChI=1S/C17H11ClN2O5/c18-10-1-4-15-13(5-10)20-16(25-15)9(8-21)7-19-11-2-3-14(22)12(6-11)17(23)24/h1-8,19,22H,(H,23,24)/b9-7+. The smallest absolute Gasteiger partial charge is 0.339 e. The average Bonchev–Trinajstić information content (AvgIpc) is 2.99. The Labute approximate surface area is 146 Å². The highest BCUT2D eigenvalue weighted by Gasteiger charge is 2.12. The molecule has 3 N–H and O–H groups in total. The summed E-state index contributed by atoms with van der Waals surface area (Å²) in [4.78, 5) is 26.5. The van der Waals surface area contributed by atoms with E-state index in [9.17, 15) is 14.7 Å². The molecule has 1 aromatic heterocycles. The molecule has 3 aromatic rings. The van der Waals surface area contributed by atoms with Crippen LogP contribution in [0.15, 0.2) is 47.0 Å². The van der Waals surface area contributed by atoms with Crippen molar-refractivity contribution in [3.05, 3.63) is 59.1 Å². The van der Waals surface area contributed by atoms with E-state index in [1.165, 1.54) is 24.4 Å². The molecule has 8 heteroatoms. The van der Waals surface area contributed by atoms with Crippen LogP contribution in [0.3, 0.4) is 0 Å². The lowest BCUT2D eigenvalue weighted by molar-refractivity contribution is -0.103. The third kappa shape index (κ3) is 3.46. The Balaban J connectivity index is 1.91. The van der Waals surface area contributed by atoms with Gasteiger partial charge in [-0.2, -0.15) is 0 Å². The van der Waals surface area contributed by atoms with Crippen LogP contribution >= 0.6 is 11.6 Å². The summed E-state index contributed by atoms with van der Waals surface area (Å²) in [6.07, 6.45) is 1.88. The Kier molecular flexibility index (Phi) is 4.40. The van der Waals surface area contributed by atoms with Crippen LogP contribution in [0.1, 0.15) is 16.2 Å². The molecule has 0 spiro atoms. The molecule has 0 fully saturated rings. The summed E-state index contributed by atoms with van der Waals surface area (Å²) >= 11 is 5.89. The Bertz CT molecular complexity index is 1010. The number of phenols is 1. The highest BCUT2D eigenvalue weighted by Crippen LogP contribution is 2.24. The Morgan fingerprint density at radius 2 is 2.04 bits per heavy atom. The Morgan fingerprint density at radius 1 is 1.24 bits per heavy atom. The minimum atomic E-state index is -1.27. The molecule has 0 aliphatic heterocycles. The number of oxazole rings is 1. The fourth-order valence-corrected chi connectivity index (χ4v) is 2.29. The first-order valence-electron chi connectivity index (χ1n) is 7.02. The highest BCUT2D eigenvalue weighted by molar-refractivity contribution is 6.31. The van der Waals surface area contributed by atoms with Gasteiger partial charge in [-0.05, 0) is 36.4 Å². The normalized spacial score (nSPS) is 11.5. The summed E-state index contributed by atoms with van der Waals surface area (Å²) in [6, 6.07) is 8.84. The lowest BCUT2D eigenvalue weighted by Gasteiger charge is -2.05. The minimum absolute atomic E-state index is 0.0944. The summed E-state index contributed by atoms with van der Waals surface area (Å²) in [5, 5.41) is 21.8. The molecule has 25 heavy (non-hydrogen) atoms. The van der Waals surface area contributed by atoms with E-state index in [-0.39, 0.29) is 22.8 Å². The summed E-state index contributed by atoms with van der Waals surface area (Å²) in [5.41, 5.74) is 1.21. The van der Waals surface area contributed by atoms with E-state index in [1.807, 2.05) is 0 Å². The van der Waals surface area contributed by atoms with Gasteiger partial charge in [-0.15, -0.1) is 0 Å². The molecule has 126 valence electrons. The molecule has 0 radical (unpaired) electrons. The van der Waals surface area contributed by atoms with Crippen LogP contribution in [0.25, 0.3) is 16.7 Å². The first kappa shape index (κ1) is 16.5. The zero-order valence-corrected chi connectivity index (χ0v) is 13.3.